The molecule has 1 fully saturated rings. The molecule has 2 heterocycles. The number of esters is 1. The second-order valence-corrected chi connectivity index (χ2v) is 5.93. The van der Waals surface area contributed by atoms with Gasteiger partial charge in [0.05, 0.1) is 24.6 Å². The van der Waals surface area contributed by atoms with Crippen LogP contribution in [-0.4, -0.2) is 34.7 Å². The van der Waals surface area contributed by atoms with Crippen molar-refractivity contribution in [3.05, 3.63) is 52.6 Å². The fourth-order valence-corrected chi connectivity index (χ4v) is 2.90. The van der Waals surface area contributed by atoms with Crippen LogP contribution in [0.15, 0.2) is 41.5 Å². The maximum atomic E-state index is 12.0. The SMILES string of the molecule is COC(=O)c1ccc(=O)n(-c2ccc(N[C@H]3CC[C@H](N)C3)nc2)c1. The van der Waals surface area contributed by atoms with Gasteiger partial charge in [-0.05, 0) is 37.5 Å². The van der Waals surface area contributed by atoms with Crippen LogP contribution in [-0.2, 0) is 4.74 Å². The van der Waals surface area contributed by atoms with E-state index in [1.165, 1.54) is 30.0 Å². The summed E-state index contributed by atoms with van der Waals surface area (Å²) in [7, 11) is 1.30. The molecule has 3 rings (SSSR count). The number of aromatic nitrogens is 2. The van der Waals surface area contributed by atoms with Crippen molar-refractivity contribution in [2.45, 2.75) is 31.3 Å². The maximum absolute atomic E-state index is 12.0. The third-order valence-corrected chi connectivity index (χ3v) is 4.18. The maximum Gasteiger partial charge on any atom is 0.339 e. The normalized spacial score (nSPS) is 19.9. The van der Waals surface area contributed by atoms with Gasteiger partial charge in [0.2, 0.25) is 0 Å². The summed E-state index contributed by atoms with van der Waals surface area (Å²) in [6, 6.07) is 6.96. The van der Waals surface area contributed by atoms with Crippen LogP contribution in [0, 0.1) is 0 Å². The van der Waals surface area contributed by atoms with Crippen molar-refractivity contribution >= 4 is 11.8 Å². The van der Waals surface area contributed by atoms with Gasteiger partial charge < -0.3 is 15.8 Å². The molecule has 3 N–H and O–H groups in total. The number of nitrogens with zero attached hydrogens (tertiary/aromatic N) is 2. The highest BCUT2D eigenvalue weighted by Crippen LogP contribution is 2.21. The molecule has 2 atom stereocenters. The lowest BCUT2D eigenvalue weighted by Crippen LogP contribution is -2.21. The Morgan fingerprint density at radius 2 is 2.17 bits per heavy atom. The van der Waals surface area contributed by atoms with E-state index in [0.29, 0.717) is 17.3 Å². The predicted molar refractivity (Wildman–Crippen MR) is 90.4 cm³/mol. The molecule has 0 aromatic carbocycles. The molecule has 0 unspecified atom stereocenters. The molecule has 7 heteroatoms. The van der Waals surface area contributed by atoms with Crippen molar-refractivity contribution in [2.75, 3.05) is 12.4 Å². The van der Waals surface area contributed by atoms with Gasteiger partial charge in [-0.25, -0.2) is 9.78 Å². The summed E-state index contributed by atoms with van der Waals surface area (Å²) in [5.41, 5.74) is 6.55. The molecule has 7 nitrogen and oxygen atoms in total. The topological polar surface area (TPSA) is 99.2 Å². The first-order valence-corrected chi connectivity index (χ1v) is 7.86. The number of carbonyl (C=O) groups excluding carboxylic acids is 1. The summed E-state index contributed by atoms with van der Waals surface area (Å²) >= 11 is 0. The highest BCUT2D eigenvalue weighted by Gasteiger charge is 2.21. The first-order chi connectivity index (χ1) is 11.6. The van der Waals surface area contributed by atoms with Crippen LogP contribution in [0.25, 0.3) is 5.69 Å². The van der Waals surface area contributed by atoms with Gasteiger partial charge in [-0.15, -0.1) is 0 Å². The van der Waals surface area contributed by atoms with Gasteiger partial charge in [0.1, 0.15) is 5.82 Å². The Labute approximate surface area is 139 Å². The van der Waals surface area contributed by atoms with E-state index in [1.54, 1.807) is 12.3 Å². The Bertz CT molecular complexity index is 785. The zero-order valence-corrected chi connectivity index (χ0v) is 13.4. The van der Waals surface area contributed by atoms with Crippen molar-refractivity contribution < 1.29 is 9.53 Å². The highest BCUT2D eigenvalue weighted by molar-refractivity contribution is 5.88. The fraction of sp³-hybridized carbons (Fsp3) is 0.353. The van der Waals surface area contributed by atoms with Crippen LogP contribution < -0.4 is 16.6 Å². The van der Waals surface area contributed by atoms with Crippen molar-refractivity contribution in [2.24, 2.45) is 5.73 Å². The zero-order valence-electron chi connectivity index (χ0n) is 13.4. The van der Waals surface area contributed by atoms with E-state index in [1.807, 2.05) is 6.07 Å². The molecule has 1 aliphatic rings. The number of methoxy groups -OCH3 is 1. The molecule has 0 spiro atoms. The number of rotatable bonds is 4. The van der Waals surface area contributed by atoms with Gasteiger partial charge in [0.15, 0.2) is 0 Å². The minimum Gasteiger partial charge on any atom is -0.465 e. The second-order valence-electron chi connectivity index (χ2n) is 5.93. The average Bonchev–Trinajstić information content (AvgIpc) is 3.00. The van der Waals surface area contributed by atoms with E-state index in [9.17, 15) is 9.59 Å². The highest BCUT2D eigenvalue weighted by atomic mass is 16.5. The molecule has 1 aliphatic carbocycles. The first-order valence-electron chi connectivity index (χ1n) is 7.86. The third-order valence-electron chi connectivity index (χ3n) is 4.18. The van der Waals surface area contributed by atoms with Crippen LogP contribution in [0.4, 0.5) is 5.82 Å². The minimum atomic E-state index is -0.493. The predicted octanol–water partition coefficient (Wildman–Crippen LogP) is 1.31. The van der Waals surface area contributed by atoms with Gasteiger partial charge in [-0.2, -0.15) is 0 Å². The minimum absolute atomic E-state index is 0.244. The number of nitrogens with one attached hydrogen (secondary N) is 1. The monoisotopic (exact) mass is 328 g/mol. The Balaban J connectivity index is 1.80. The molecule has 0 aliphatic heterocycles. The smallest absolute Gasteiger partial charge is 0.339 e. The molecule has 2 aromatic heterocycles. The number of nitrogens with two attached hydrogens (primary N) is 1. The van der Waals surface area contributed by atoms with Crippen LogP contribution in [0.2, 0.25) is 0 Å². The van der Waals surface area contributed by atoms with Crippen LogP contribution >= 0.6 is 0 Å². The molecule has 0 amide bonds. The van der Waals surface area contributed by atoms with E-state index in [-0.39, 0.29) is 11.6 Å². The van der Waals surface area contributed by atoms with E-state index in [2.05, 4.69) is 15.0 Å². The van der Waals surface area contributed by atoms with E-state index in [4.69, 9.17) is 5.73 Å². The van der Waals surface area contributed by atoms with Crippen LogP contribution in [0.3, 0.4) is 0 Å². The number of ether oxygens (including phenoxy) is 1. The van der Waals surface area contributed by atoms with Crippen LogP contribution in [0.1, 0.15) is 29.6 Å². The van der Waals surface area contributed by atoms with Crippen molar-refractivity contribution in [1.29, 1.82) is 0 Å². The fourth-order valence-electron chi connectivity index (χ4n) is 2.90. The van der Waals surface area contributed by atoms with Gasteiger partial charge in [0.25, 0.3) is 5.56 Å². The quantitative estimate of drug-likeness (QED) is 0.821. The molecule has 126 valence electrons. The Morgan fingerprint density at radius 1 is 1.33 bits per heavy atom. The van der Waals surface area contributed by atoms with Gasteiger partial charge >= 0.3 is 5.97 Å². The van der Waals surface area contributed by atoms with E-state index >= 15 is 0 Å². The van der Waals surface area contributed by atoms with Crippen LogP contribution in [0.5, 0.6) is 0 Å². The Kier molecular flexibility index (Phi) is 4.61. The molecule has 0 saturated heterocycles. The first kappa shape index (κ1) is 16.2. The number of hydrogen-bond donors (Lipinski definition) is 2. The number of pyridine rings is 2. The molecular formula is C17H20N4O3. The Morgan fingerprint density at radius 3 is 2.79 bits per heavy atom. The standard InChI is InChI=1S/C17H20N4O3/c1-24-17(23)11-2-7-16(22)21(10-11)14-5-6-15(19-9-14)20-13-4-3-12(18)8-13/h2,5-7,9-10,12-13H,3-4,8,18H2,1H3,(H,19,20)/t12-,13-/m0/s1. The summed E-state index contributed by atoms with van der Waals surface area (Å²) in [5.74, 6) is 0.252. The zero-order chi connectivity index (χ0) is 17.1. The number of hydrogen-bond acceptors (Lipinski definition) is 6. The van der Waals surface area contributed by atoms with Crippen molar-refractivity contribution in [3.63, 3.8) is 0 Å². The molecule has 0 radical (unpaired) electrons. The summed E-state index contributed by atoms with van der Waals surface area (Å²) < 4.78 is 6.05. The molecule has 24 heavy (non-hydrogen) atoms. The number of anilines is 1. The Hall–Kier alpha value is -2.67. The van der Waals surface area contributed by atoms with Gasteiger partial charge in [0, 0.05) is 24.3 Å². The molecule has 2 aromatic rings. The third kappa shape index (κ3) is 3.46. The van der Waals surface area contributed by atoms with Crippen molar-refractivity contribution in [1.82, 2.24) is 9.55 Å². The molecule has 0 bridgehead atoms. The summed E-state index contributed by atoms with van der Waals surface area (Å²) in [5, 5.41) is 3.35. The molecular weight excluding hydrogens is 308 g/mol. The van der Waals surface area contributed by atoms with Gasteiger partial charge in [-0.1, -0.05) is 0 Å². The largest absolute Gasteiger partial charge is 0.465 e. The van der Waals surface area contributed by atoms with E-state index < -0.39 is 5.97 Å². The van der Waals surface area contributed by atoms with E-state index in [0.717, 1.165) is 25.1 Å². The summed E-state index contributed by atoms with van der Waals surface area (Å²) in [6.07, 6.45) is 6.04. The average molecular weight is 328 g/mol. The lowest BCUT2D eigenvalue weighted by Gasteiger charge is -2.13. The summed E-state index contributed by atoms with van der Waals surface area (Å²) in [6.45, 7) is 0. The molecule has 1 saturated carbocycles. The lowest BCUT2D eigenvalue weighted by atomic mass is 10.2. The second kappa shape index (κ2) is 6.84. The van der Waals surface area contributed by atoms with Crippen molar-refractivity contribution in [3.8, 4) is 5.69 Å². The lowest BCUT2D eigenvalue weighted by molar-refractivity contribution is 0.0600. The summed E-state index contributed by atoms with van der Waals surface area (Å²) in [4.78, 5) is 28.0. The number of carbonyl (C=O) groups is 1. The van der Waals surface area contributed by atoms with Gasteiger partial charge in [-0.3, -0.25) is 9.36 Å².